The molecule has 0 atom stereocenters. The second kappa shape index (κ2) is 9.03. The topological polar surface area (TPSA) is 98.1 Å². The molecule has 0 spiro atoms. The van der Waals surface area contributed by atoms with E-state index < -0.39 is 20.2 Å². The van der Waals surface area contributed by atoms with Gasteiger partial charge in [0.1, 0.15) is 17.1 Å². The molecule has 0 radical (unpaired) electrons. The van der Waals surface area contributed by atoms with E-state index >= 15 is 0 Å². The number of carbonyl (C=O) groups is 1. The van der Waals surface area contributed by atoms with E-state index in [-0.39, 0.29) is 34.4 Å². The van der Waals surface area contributed by atoms with Gasteiger partial charge in [0.05, 0.1) is 10.3 Å². The molecule has 0 unspecified atom stereocenters. The fraction of sp³-hybridized carbons (Fsp3) is 0.348. The van der Waals surface area contributed by atoms with Gasteiger partial charge in [0.25, 0.3) is 0 Å². The van der Waals surface area contributed by atoms with Gasteiger partial charge in [-0.2, -0.15) is 0 Å². The number of aryl methyl sites for hydroxylation is 1. The zero-order valence-electron chi connectivity index (χ0n) is 17.7. The van der Waals surface area contributed by atoms with Crippen molar-refractivity contribution in [2.75, 3.05) is 0 Å². The van der Waals surface area contributed by atoms with E-state index in [1.54, 1.807) is 19.1 Å². The molecular formula is C23H24ClN3O4S. The summed E-state index contributed by atoms with van der Waals surface area (Å²) in [6.45, 7) is 1.64. The summed E-state index contributed by atoms with van der Waals surface area (Å²) < 4.78 is 28.0. The fourth-order valence-electron chi connectivity index (χ4n) is 4.06. The fourth-order valence-corrected chi connectivity index (χ4v) is 5.56. The highest BCUT2D eigenvalue weighted by molar-refractivity contribution is 7.91. The summed E-state index contributed by atoms with van der Waals surface area (Å²) in [5, 5.41) is 3.56. The highest BCUT2D eigenvalue weighted by Crippen LogP contribution is 2.23. The molecule has 0 aliphatic heterocycles. The van der Waals surface area contributed by atoms with Crippen molar-refractivity contribution in [2.24, 2.45) is 0 Å². The van der Waals surface area contributed by atoms with Gasteiger partial charge >= 0.3 is 0 Å². The molecule has 4 rings (SSSR count). The Balaban J connectivity index is 1.78. The third kappa shape index (κ3) is 4.56. The van der Waals surface area contributed by atoms with Gasteiger partial charge in [-0.1, -0.05) is 30.9 Å². The van der Waals surface area contributed by atoms with Crippen molar-refractivity contribution in [3.63, 3.8) is 0 Å². The predicted molar refractivity (Wildman–Crippen MR) is 123 cm³/mol. The minimum atomic E-state index is -4.12. The van der Waals surface area contributed by atoms with E-state index in [4.69, 9.17) is 11.6 Å². The largest absolute Gasteiger partial charge is 0.352 e. The molecule has 168 valence electrons. The molecule has 1 saturated carbocycles. The van der Waals surface area contributed by atoms with E-state index in [0.717, 1.165) is 25.7 Å². The van der Waals surface area contributed by atoms with Gasteiger partial charge < -0.3 is 9.88 Å². The minimum Gasteiger partial charge on any atom is -0.352 e. The van der Waals surface area contributed by atoms with Gasteiger partial charge in [0, 0.05) is 23.0 Å². The molecule has 1 fully saturated rings. The van der Waals surface area contributed by atoms with Crippen LogP contribution in [0.1, 0.15) is 37.8 Å². The van der Waals surface area contributed by atoms with Gasteiger partial charge in [-0.15, -0.1) is 0 Å². The van der Waals surface area contributed by atoms with Gasteiger partial charge in [-0.25, -0.2) is 13.4 Å². The van der Waals surface area contributed by atoms with Crippen molar-refractivity contribution in [3.8, 4) is 0 Å². The number of amides is 1. The second-order valence-corrected chi connectivity index (χ2v) is 10.5. The number of rotatable bonds is 5. The first-order valence-electron chi connectivity index (χ1n) is 10.6. The first-order valence-corrected chi connectivity index (χ1v) is 12.4. The Morgan fingerprint density at radius 3 is 2.50 bits per heavy atom. The van der Waals surface area contributed by atoms with E-state index in [9.17, 15) is 18.0 Å². The lowest BCUT2D eigenvalue weighted by molar-refractivity contribution is -0.122. The average Bonchev–Trinajstić information content (AvgIpc) is 2.76. The number of nitrogens with zero attached hydrogens (tertiary/aromatic N) is 2. The first kappa shape index (κ1) is 22.5. The lowest BCUT2D eigenvalue weighted by atomic mass is 9.95. The summed E-state index contributed by atoms with van der Waals surface area (Å²) in [4.78, 5) is 29.9. The van der Waals surface area contributed by atoms with Gasteiger partial charge in [-0.05, 0) is 56.2 Å². The Morgan fingerprint density at radius 2 is 1.81 bits per heavy atom. The molecular weight excluding hydrogens is 450 g/mol. The van der Waals surface area contributed by atoms with E-state index in [1.807, 2.05) is 0 Å². The smallest absolute Gasteiger partial charge is 0.240 e. The maximum atomic E-state index is 13.3. The number of aromatic nitrogens is 2. The second-order valence-electron chi connectivity index (χ2n) is 8.13. The van der Waals surface area contributed by atoms with Crippen LogP contribution >= 0.6 is 11.6 Å². The third-order valence-corrected chi connectivity index (χ3v) is 7.74. The number of carbonyl (C=O) groups excluding carboxylic acids is 1. The number of halogens is 1. The summed E-state index contributed by atoms with van der Waals surface area (Å²) in [6.07, 6.45) is 6.42. The molecule has 0 bridgehead atoms. The predicted octanol–water partition coefficient (Wildman–Crippen LogP) is 3.64. The van der Waals surface area contributed by atoms with Crippen molar-refractivity contribution in [1.29, 1.82) is 0 Å². The number of nitrogens with one attached hydrogen (secondary N) is 1. The maximum absolute atomic E-state index is 13.3. The number of hydrogen-bond donors (Lipinski definition) is 1. The van der Waals surface area contributed by atoms with E-state index in [1.165, 1.54) is 41.5 Å². The summed E-state index contributed by atoms with van der Waals surface area (Å²) in [5.41, 5.74) is 0.293. The highest BCUT2D eigenvalue weighted by Gasteiger charge is 2.25. The number of pyridine rings is 2. The summed E-state index contributed by atoms with van der Waals surface area (Å²) >= 11 is 5.88. The molecule has 1 amide bonds. The lowest BCUT2D eigenvalue weighted by Gasteiger charge is -2.23. The van der Waals surface area contributed by atoms with Crippen molar-refractivity contribution < 1.29 is 13.2 Å². The molecule has 1 aliphatic carbocycles. The van der Waals surface area contributed by atoms with Crippen LogP contribution in [0.3, 0.4) is 0 Å². The summed E-state index contributed by atoms with van der Waals surface area (Å²) in [5.74, 6) is -0.236. The minimum absolute atomic E-state index is 0.0448. The Bertz CT molecular complexity index is 1330. The van der Waals surface area contributed by atoms with Crippen LogP contribution in [0.5, 0.6) is 0 Å². The normalized spacial score (nSPS) is 15.1. The van der Waals surface area contributed by atoms with E-state index in [2.05, 4.69) is 10.3 Å². The Hall–Kier alpha value is -2.71. The zero-order chi connectivity index (χ0) is 22.9. The van der Waals surface area contributed by atoms with Gasteiger partial charge in [-0.3, -0.25) is 9.59 Å². The van der Waals surface area contributed by atoms with Crippen LogP contribution in [0.15, 0.2) is 57.2 Å². The lowest BCUT2D eigenvalue weighted by Crippen LogP contribution is -2.38. The molecule has 1 aliphatic rings. The third-order valence-electron chi connectivity index (χ3n) is 5.73. The molecule has 9 heteroatoms. The maximum Gasteiger partial charge on any atom is 0.240 e. The van der Waals surface area contributed by atoms with Crippen LogP contribution in [0.25, 0.3) is 11.0 Å². The van der Waals surface area contributed by atoms with Crippen LogP contribution in [0.2, 0.25) is 5.02 Å². The molecule has 2 heterocycles. The Morgan fingerprint density at radius 1 is 1.12 bits per heavy atom. The number of hydrogen-bond acceptors (Lipinski definition) is 5. The van der Waals surface area contributed by atoms with Crippen molar-refractivity contribution in [2.45, 2.75) is 61.4 Å². The molecule has 32 heavy (non-hydrogen) atoms. The number of fused-ring (bicyclic) bond motifs is 1. The SMILES string of the molecule is Cc1ccc2c(=O)c(S(=O)(=O)c3ccc(Cl)cc3)cn(CC(=O)NC3CCCCC3)c2n1. The average molecular weight is 474 g/mol. The molecule has 0 saturated heterocycles. The molecule has 1 N–H and O–H groups in total. The molecule has 2 aromatic heterocycles. The number of benzene rings is 1. The molecule has 3 aromatic rings. The molecule has 1 aromatic carbocycles. The van der Waals surface area contributed by atoms with Crippen molar-refractivity contribution >= 4 is 38.4 Å². The number of sulfone groups is 1. The van der Waals surface area contributed by atoms with E-state index in [0.29, 0.717) is 10.7 Å². The quantitative estimate of drug-likeness (QED) is 0.610. The van der Waals surface area contributed by atoms with Crippen molar-refractivity contribution in [3.05, 3.63) is 63.5 Å². The van der Waals surface area contributed by atoms with Crippen LogP contribution in [-0.2, 0) is 21.2 Å². The standard InChI is InChI=1S/C23H24ClN3O4S/c1-15-7-12-19-22(29)20(32(30,31)18-10-8-16(24)9-11-18)13-27(23(19)25-15)14-21(28)26-17-5-3-2-4-6-17/h7-13,17H,2-6,14H2,1H3,(H,26,28). The summed E-state index contributed by atoms with van der Waals surface area (Å²) in [7, 11) is -4.12. The first-order chi connectivity index (χ1) is 15.3. The Labute approximate surface area is 191 Å². The van der Waals surface area contributed by atoms with Crippen molar-refractivity contribution in [1.82, 2.24) is 14.9 Å². The zero-order valence-corrected chi connectivity index (χ0v) is 19.2. The Kier molecular flexibility index (Phi) is 6.35. The summed E-state index contributed by atoms with van der Waals surface area (Å²) in [6, 6.07) is 8.94. The van der Waals surface area contributed by atoms with Crippen LogP contribution < -0.4 is 10.7 Å². The highest BCUT2D eigenvalue weighted by atomic mass is 35.5. The van der Waals surface area contributed by atoms with Gasteiger partial charge in [0.2, 0.25) is 21.2 Å². The van der Waals surface area contributed by atoms with Gasteiger partial charge in [0.15, 0.2) is 0 Å². The van der Waals surface area contributed by atoms with Crippen LogP contribution in [0.4, 0.5) is 0 Å². The monoisotopic (exact) mass is 473 g/mol. The van der Waals surface area contributed by atoms with Crippen LogP contribution in [0, 0.1) is 6.92 Å². The molecule has 7 nitrogen and oxygen atoms in total. The van der Waals surface area contributed by atoms with Crippen LogP contribution in [-0.4, -0.2) is 29.9 Å².